The molecule has 0 aromatic carbocycles. The maximum atomic E-state index is 11.8. The molecule has 1 unspecified atom stereocenters. The summed E-state index contributed by atoms with van der Waals surface area (Å²) in [6.45, 7) is 6.92. The van der Waals surface area contributed by atoms with Crippen LogP contribution in [-0.4, -0.2) is 17.4 Å². The predicted octanol–water partition coefficient (Wildman–Crippen LogP) is 2.03. The van der Waals surface area contributed by atoms with Crippen molar-refractivity contribution < 1.29 is 14.3 Å². The second kappa shape index (κ2) is 4.01. The summed E-state index contributed by atoms with van der Waals surface area (Å²) in [5, 5.41) is 0. The number of carbonyl (C=O) groups is 2. The fraction of sp³-hybridized carbons (Fsp3) is 0.500. The van der Waals surface area contributed by atoms with Crippen LogP contribution in [0.25, 0.3) is 0 Å². The summed E-state index contributed by atoms with van der Waals surface area (Å²) in [6, 6.07) is 0. The summed E-state index contributed by atoms with van der Waals surface area (Å²) in [6.07, 6.45) is 5.04. The Balaban J connectivity index is 2.90. The van der Waals surface area contributed by atoms with Gasteiger partial charge >= 0.3 is 5.97 Å². The van der Waals surface area contributed by atoms with Crippen molar-refractivity contribution in [1.29, 1.82) is 0 Å². The van der Waals surface area contributed by atoms with Crippen molar-refractivity contribution in [3.63, 3.8) is 0 Å². The van der Waals surface area contributed by atoms with Crippen molar-refractivity contribution in [2.75, 3.05) is 0 Å². The molecule has 0 fully saturated rings. The van der Waals surface area contributed by atoms with Crippen LogP contribution in [0.15, 0.2) is 23.8 Å². The van der Waals surface area contributed by atoms with E-state index in [1.807, 2.05) is 19.9 Å². The highest BCUT2D eigenvalue weighted by atomic mass is 16.6. The number of hydrogen-bond acceptors (Lipinski definition) is 3. The molecule has 15 heavy (non-hydrogen) atoms. The minimum atomic E-state index is -1.12. The van der Waals surface area contributed by atoms with E-state index < -0.39 is 11.6 Å². The van der Waals surface area contributed by atoms with Gasteiger partial charge in [-0.1, -0.05) is 19.9 Å². The number of carbonyl (C=O) groups excluding carboxylic acids is 2. The average molecular weight is 208 g/mol. The van der Waals surface area contributed by atoms with E-state index in [2.05, 4.69) is 0 Å². The number of hydrogen-bond donors (Lipinski definition) is 0. The molecule has 1 aliphatic rings. The van der Waals surface area contributed by atoms with E-state index in [1.165, 1.54) is 6.92 Å². The van der Waals surface area contributed by atoms with E-state index in [0.29, 0.717) is 5.92 Å². The second-order valence-electron chi connectivity index (χ2n) is 4.20. The normalized spacial score (nSPS) is 25.4. The van der Waals surface area contributed by atoms with Gasteiger partial charge in [0.25, 0.3) is 0 Å². The molecule has 82 valence electrons. The fourth-order valence-electron chi connectivity index (χ4n) is 1.42. The Morgan fingerprint density at radius 2 is 2.07 bits per heavy atom. The molecule has 3 nitrogen and oxygen atoms in total. The van der Waals surface area contributed by atoms with Gasteiger partial charge in [0.1, 0.15) is 0 Å². The van der Waals surface area contributed by atoms with Crippen molar-refractivity contribution in [1.82, 2.24) is 0 Å². The van der Waals surface area contributed by atoms with Crippen LogP contribution >= 0.6 is 0 Å². The Hall–Kier alpha value is -1.38. The average Bonchev–Trinajstić information content (AvgIpc) is 2.08. The number of allylic oxidation sites excluding steroid dienone is 2. The number of ketones is 1. The minimum Gasteiger partial charge on any atom is -0.447 e. The van der Waals surface area contributed by atoms with E-state index in [0.717, 1.165) is 5.57 Å². The number of esters is 1. The largest absolute Gasteiger partial charge is 0.447 e. The highest BCUT2D eigenvalue weighted by Crippen LogP contribution is 2.24. The Labute approximate surface area is 89.8 Å². The highest BCUT2D eigenvalue weighted by molar-refractivity contribution is 6.01. The summed E-state index contributed by atoms with van der Waals surface area (Å²) < 4.78 is 5.00. The Morgan fingerprint density at radius 1 is 1.47 bits per heavy atom. The van der Waals surface area contributed by atoms with Crippen LogP contribution in [0.1, 0.15) is 27.7 Å². The van der Waals surface area contributed by atoms with Gasteiger partial charge in [0, 0.05) is 6.92 Å². The van der Waals surface area contributed by atoms with Gasteiger partial charge in [-0.2, -0.15) is 0 Å². The molecule has 0 aromatic rings. The lowest BCUT2D eigenvalue weighted by molar-refractivity contribution is -0.157. The molecule has 3 heteroatoms. The molecule has 1 atom stereocenters. The first-order chi connectivity index (χ1) is 6.85. The first-order valence-electron chi connectivity index (χ1n) is 5.00. The van der Waals surface area contributed by atoms with E-state index in [4.69, 9.17) is 4.74 Å². The molecule has 0 heterocycles. The van der Waals surface area contributed by atoms with Gasteiger partial charge in [-0.05, 0) is 30.6 Å². The Kier molecular flexibility index (Phi) is 3.12. The minimum absolute atomic E-state index is 0.177. The molecule has 0 radical (unpaired) electrons. The third-order valence-electron chi connectivity index (χ3n) is 2.40. The van der Waals surface area contributed by atoms with E-state index >= 15 is 0 Å². The lowest BCUT2D eigenvalue weighted by atomic mass is 9.88. The molecule has 0 spiro atoms. The van der Waals surface area contributed by atoms with Gasteiger partial charge in [-0.15, -0.1) is 0 Å². The summed E-state index contributed by atoms with van der Waals surface area (Å²) in [4.78, 5) is 22.6. The third-order valence-corrected chi connectivity index (χ3v) is 2.40. The molecule has 0 amide bonds. The fourth-order valence-corrected chi connectivity index (χ4v) is 1.42. The smallest absolute Gasteiger partial charge is 0.303 e. The molecule has 0 aromatic heterocycles. The molecule has 1 rings (SSSR count). The first kappa shape index (κ1) is 11.7. The Bertz CT molecular complexity index is 350. The number of rotatable bonds is 2. The summed E-state index contributed by atoms with van der Waals surface area (Å²) >= 11 is 0. The molecule has 0 saturated carbocycles. The van der Waals surface area contributed by atoms with Crippen molar-refractivity contribution in [3.05, 3.63) is 23.8 Å². The van der Waals surface area contributed by atoms with Crippen LogP contribution in [0.3, 0.4) is 0 Å². The summed E-state index contributed by atoms with van der Waals surface area (Å²) in [5.41, 5.74) is -0.158. The van der Waals surface area contributed by atoms with Gasteiger partial charge in [-0.25, -0.2) is 0 Å². The van der Waals surface area contributed by atoms with Crippen LogP contribution in [0, 0.1) is 5.92 Å². The standard InChI is InChI=1S/C12H16O3/c1-8(2)10-5-6-12(4,11(14)7-10)15-9(3)13/h5-8H,1-4H3. The van der Waals surface area contributed by atoms with Crippen LogP contribution in [0.5, 0.6) is 0 Å². The van der Waals surface area contributed by atoms with Crippen molar-refractivity contribution in [2.45, 2.75) is 33.3 Å². The quantitative estimate of drug-likeness (QED) is 0.652. The molecule has 0 bridgehead atoms. The van der Waals surface area contributed by atoms with Crippen LogP contribution in [0.4, 0.5) is 0 Å². The van der Waals surface area contributed by atoms with Crippen LogP contribution in [-0.2, 0) is 14.3 Å². The molecule has 1 aliphatic carbocycles. The topological polar surface area (TPSA) is 43.4 Å². The van der Waals surface area contributed by atoms with E-state index in [-0.39, 0.29) is 5.78 Å². The molecule has 0 saturated heterocycles. The zero-order valence-electron chi connectivity index (χ0n) is 9.53. The SMILES string of the molecule is CC(=O)OC1(C)C=CC(C(C)C)=CC1=O. The first-order valence-corrected chi connectivity index (χ1v) is 5.00. The maximum Gasteiger partial charge on any atom is 0.303 e. The Morgan fingerprint density at radius 3 is 2.47 bits per heavy atom. The monoisotopic (exact) mass is 208 g/mol. The molecular formula is C12H16O3. The van der Waals surface area contributed by atoms with E-state index in [1.54, 1.807) is 19.1 Å². The molecule has 0 aliphatic heterocycles. The number of ether oxygens (including phenoxy) is 1. The van der Waals surface area contributed by atoms with Gasteiger partial charge in [0.2, 0.25) is 5.78 Å². The van der Waals surface area contributed by atoms with E-state index in [9.17, 15) is 9.59 Å². The van der Waals surface area contributed by atoms with Gasteiger partial charge in [-0.3, -0.25) is 9.59 Å². The lowest BCUT2D eigenvalue weighted by Crippen LogP contribution is -2.38. The van der Waals surface area contributed by atoms with Gasteiger partial charge < -0.3 is 4.74 Å². The zero-order chi connectivity index (χ0) is 11.6. The van der Waals surface area contributed by atoms with Crippen LogP contribution in [0.2, 0.25) is 0 Å². The van der Waals surface area contributed by atoms with Crippen molar-refractivity contribution >= 4 is 11.8 Å². The predicted molar refractivity (Wildman–Crippen MR) is 57.2 cm³/mol. The maximum absolute atomic E-state index is 11.8. The summed E-state index contributed by atoms with van der Waals surface area (Å²) in [5.74, 6) is -0.326. The van der Waals surface area contributed by atoms with Crippen molar-refractivity contribution in [3.8, 4) is 0 Å². The zero-order valence-corrected chi connectivity index (χ0v) is 9.53. The lowest BCUT2D eigenvalue weighted by Gasteiger charge is -2.26. The summed E-state index contributed by atoms with van der Waals surface area (Å²) in [7, 11) is 0. The van der Waals surface area contributed by atoms with Gasteiger partial charge in [0.15, 0.2) is 5.60 Å². The van der Waals surface area contributed by atoms with Crippen molar-refractivity contribution in [2.24, 2.45) is 5.92 Å². The third kappa shape index (κ3) is 2.55. The van der Waals surface area contributed by atoms with Crippen LogP contribution < -0.4 is 0 Å². The van der Waals surface area contributed by atoms with Gasteiger partial charge in [0.05, 0.1) is 0 Å². The molecular weight excluding hydrogens is 192 g/mol. The second-order valence-corrected chi connectivity index (χ2v) is 4.20. The molecule has 0 N–H and O–H groups in total. The highest BCUT2D eigenvalue weighted by Gasteiger charge is 2.34.